The molecule has 1 aromatic carbocycles. The van der Waals surface area contributed by atoms with Gasteiger partial charge in [-0.05, 0) is 44.0 Å². The monoisotopic (exact) mass is 425 g/mol. The summed E-state index contributed by atoms with van der Waals surface area (Å²) in [5.41, 5.74) is 4.96. The number of carbonyl (C=O) groups is 1. The topological polar surface area (TPSA) is 72.7 Å². The number of aromatic nitrogens is 4. The number of pyridine rings is 1. The number of thiazole rings is 1. The Kier molecular flexibility index (Phi) is 5.10. The van der Waals surface area contributed by atoms with Gasteiger partial charge in [0.25, 0.3) is 5.91 Å². The number of halogens is 1. The third-order valence-electron chi connectivity index (χ3n) is 4.82. The minimum Gasteiger partial charge on any atom is -0.298 e. The summed E-state index contributed by atoms with van der Waals surface area (Å²) >= 11 is 7.66. The largest absolute Gasteiger partial charge is 0.298 e. The summed E-state index contributed by atoms with van der Waals surface area (Å²) < 4.78 is 1.73. The molecule has 148 valence electrons. The van der Waals surface area contributed by atoms with Crippen LogP contribution in [0.2, 0.25) is 5.02 Å². The highest BCUT2D eigenvalue weighted by atomic mass is 35.5. The van der Waals surface area contributed by atoms with Gasteiger partial charge in [0.2, 0.25) is 0 Å². The summed E-state index contributed by atoms with van der Waals surface area (Å²) in [4.78, 5) is 22.8. The van der Waals surface area contributed by atoms with Crippen molar-refractivity contribution >= 4 is 45.0 Å². The Morgan fingerprint density at radius 3 is 2.76 bits per heavy atom. The van der Waals surface area contributed by atoms with Crippen LogP contribution in [0.4, 0.5) is 5.13 Å². The lowest BCUT2D eigenvalue weighted by Crippen LogP contribution is -2.14. The summed E-state index contributed by atoms with van der Waals surface area (Å²) in [5.74, 6) is -0.223. The number of nitrogens with one attached hydrogen (secondary N) is 1. The molecule has 0 aliphatic rings. The van der Waals surface area contributed by atoms with E-state index in [2.05, 4.69) is 26.4 Å². The van der Waals surface area contributed by atoms with Gasteiger partial charge in [-0.15, -0.1) is 11.3 Å². The number of rotatable bonds is 4. The first-order valence-corrected chi connectivity index (χ1v) is 10.3. The van der Waals surface area contributed by atoms with Gasteiger partial charge in [-0.25, -0.2) is 9.97 Å². The van der Waals surface area contributed by atoms with Crippen molar-refractivity contribution in [1.82, 2.24) is 19.7 Å². The molecule has 0 unspecified atom stereocenters. The van der Waals surface area contributed by atoms with E-state index in [9.17, 15) is 4.79 Å². The maximum Gasteiger partial charge on any atom is 0.259 e. The second kappa shape index (κ2) is 7.57. The molecular formula is C21H20ClN5OS. The van der Waals surface area contributed by atoms with Crippen LogP contribution in [-0.2, 0) is 13.5 Å². The number of carbonyl (C=O) groups excluding carboxylic acids is 1. The van der Waals surface area contributed by atoms with Crippen LogP contribution in [-0.4, -0.2) is 25.7 Å². The Balaban J connectivity index is 1.53. The van der Waals surface area contributed by atoms with Gasteiger partial charge in [-0.1, -0.05) is 23.7 Å². The van der Waals surface area contributed by atoms with E-state index in [1.54, 1.807) is 10.9 Å². The normalized spacial score (nSPS) is 11.2. The Morgan fingerprint density at radius 2 is 2.00 bits per heavy atom. The smallest absolute Gasteiger partial charge is 0.259 e. The molecule has 1 amide bonds. The predicted molar refractivity (Wildman–Crippen MR) is 117 cm³/mol. The van der Waals surface area contributed by atoms with Crippen molar-refractivity contribution in [1.29, 1.82) is 0 Å². The lowest BCUT2D eigenvalue weighted by molar-refractivity contribution is 0.102. The maximum atomic E-state index is 12.8. The van der Waals surface area contributed by atoms with Crippen LogP contribution < -0.4 is 5.32 Å². The zero-order chi connectivity index (χ0) is 20.7. The highest BCUT2D eigenvalue weighted by Gasteiger charge is 2.17. The van der Waals surface area contributed by atoms with E-state index in [-0.39, 0.29) is 5.91 Å². The molecule has 0 fully saturated rings. The van der Waals surface area contributed by atoms with E-state index >= 15 is 0 Å². The van der Waals surface area contributed by atoms with Gasteiger partial charge in [-0.2, -0.15) is 5.10 Å². The molecule has 0 aliphatic heterocycles. The fourth-order valence-corrected chi connectivity index (χ4v) is 4.27. The van der Waals surface area contributed by atoms with Crippen LogP contribution in [0.1, 0.15) is 37.7 Å². The standard InChI is InChI=1S/C21H20ClN5OS/c1-11-5-6-14(8-18(11)22)7-15-10-23-21(29-15)25-20(28)17-9-16-13(3)26-27(4)19(16)24-12(17)2/h5-6,8-10H,7H2,1-4H3,(H,23,25,28). The highest BCUT2D eigenvalue weighted by Crippen LogP contribution is 2.25. The Morgan fingerprint density at radius 1 is 1.21 bits per heavy atom. The molecule has 6 nitrogen and oxygen atoms in total. The lowest BCUT2D eigenvalue weighted by Gasteiger charge is -2.06. The zero-order valence-electron chi connectivity index (χ0n) is 16.6. The molecule has 4 rings (SSSR count). The number of hydrogen-bond donors (Lipinski definition) is 1. The van der Waals surface area contributed by atoms with E-state index in [0.29, 0.717) is 16.4 Å². The van der Waals surface area contributed by atoms with Gasteiger partial charge in [0.1, 0.15) is 0 Å². The maximum absolute atomic E-state index is 12.8. The average Bonchev–Trinajstić information content (AvgIpc) is 3.21. The van der Waals surface area contributed by atoms with E-state index in [1.165, 1.54) is 11.3 Å². The SMILES string of the molecule is Cc1ccc(Cc2cnc(NC(=O)c3cc4c(C)nn(C)c4nc3C)s2)cc1Cl. The molecule has 8 heteroatoms. The molecule has 29 heavy (non-hydrogen) atoms. The predicted octanol–water partition coefficient (Wildman–Crippen LogP) is 4.85. The molecule has 0 saturated carbocycles. The number of aryl methyl sites for hydroxylation is 4. The number of benzene rings is 1. The van der Waals surface area contributed by atoms with Gasteiger partial charge < -0.3 is 0 Å². The number of fused-ring (bicyclic) bond motifs is 1. The van der Waals surface area contributed by atoms with Crippen molar-refractivity contribution in [3.8, 4) is 0 Å². The van der Waals surface area contributed by atoms with E-state index in [1.807, 2.05) is 46.0 Å². The summed E-state index contributed by atoms with van der Waals surface area (Å²) in [5, 5.41) is 9.45. The lowest BCUT2D eigenvalue weighted by atomic mass is 10.1. The third kappa shape index (κ3) is 3.88. The quantitative estimate of drug-likeness (QED) is 0.507. The molecule has 0 radical (unpaired) electrons. The number of anilines is 1. The molecule has 3 heterocycles. The van der Waals surface area contributed by atoms with Crippen LogP contribution in [0.3, 0.4) is 0 Å². The second-order valence-electron chi connectivity index (χ2n) is 7.05. The molecule has 1 N–H and O–H groups in total. The van der Waals surface area contributed by atoms with Crippen molar-refractivity contribution in [3.05, 3.63) is 68.4 Å². The molecule has 3 aromatic heterocycles. The molecule has 0 saturated heterocycles. The second-order valence-corrected chi connectivity index (χ2v) is 8.57. The van der Waals surface area contributed by atoms with Crippen LogP contribution in [0.5, 0.6) is 0 Å². The molecule has 0 bridgehead atoms. The molecular weight excluding hydrogens is 406 g/mol. The van der Waals surface area contributed by atoms with Gasteiger partial charge in [0.05, 0.1) is 17.0 Å². The fourth-order valence-electron chi connectivity index (χ4n) is 3.22. The highest BCUT2D eigenvalue weighted by molar-refractivity contribution is 7.15. The first-order chi connectivity index (χ1) is 13.8. The molecule has 0 aliphatic carbocycles. The summed E-state index contributed by atoms with van der Waals surface area (Å²) in [6.07, 6.45) is 2.50. The third-order valence-corrected chi connectivity index (χ3v) is 6.14. The van der Waals surface area contributed by atoms with Crippen LogP contribution >= 0.6 is 22.9 Å². The minimum absolute atomic E-state index is 0.223. The van der Waals surface area contributed by atoms with Gasteiger partial charge in [-0.3, -0.25) is 14.8 Å². The van der Waals surface area contributed by atoms with Crippen molar-refractivity contribution in [3.63, 3.8) is 0 Å². The van der Waals surface area contributed by atoms with Gasteiger partial charge in [0, 0.05) is 35.0 Å². The van der Waals surface area contributed by atoms with Gasteiger partial charge in [0.15, 0.2) is 10.8 Å². The van der Waals surface area contributed by atoms with E-state index in [0.717, 1.165) is 44.2 Å². The van der Waals surface area contributed by atoms with E-state index in [4.69, 9.17) is 11.6 Å². The average molecular weight is 426 g/mol. The summed E-state index contributed by atoms with van der Waals surface area (Å²) in [6.45, 7) is 5.71. The van der Waals surface area contributed by atoms with Crippen molar-refractivity contribution in [2.24, 2.45) is 7.05 Å². The van der Waals surface area contributed by atoms with Crippen LogP contribution in [0, 0.1) is 20.8 Å². The fraction of sp³-hybridized carbons (Fsp3) is 0.238. The summed E-state index contributed by atoms with van der Waals surface area (Å²) in [7, 11) is 1.85. The minimum atomic E-state index is -0.223. The van der Waals surface area contributed by atoms with Crippen molar-refractivity contribution in [2.45, 2.75) is 27.2 Å². The Bertz CT molecular complexity index is 1240. The number of amides is 1. The van der Waals surface area contributed by atoms with Crippen LogP contribution in [0.15, 0.2) is 30.5 Å². The zero-order valence-corrected chi connectivity index (χ0v) is 18.1. The number of nitrogens with zero attached hydrogens (tertiary/aromatic N) is 4. The number of hydrogen-bond acceptors (Lipinski definition) is 5. The first-order valence-electron chi connectivity index (χ1n) is 9.14. The van der Waals surface area contributed by atoms with Crippen LogP contribution in [0.25, 0.3) is 11.0 Å². The van der Waals surface area contributed by atoms with E-state index < -0.39 is 0 Å². The summed E-state index contributed by atoms with van der Waals surface area (Å²) in [6, 6.07) is 7.88. The van der Waals surface area contributed by atoms with Crippen molar-refractivity contribution in [2.75, 3.05) is 5.32 Å². The van der Waals surface area contributed by atoms with Gasteiger partial charge >= 0.3 is 0 Å². The Labute approximate surface area is 177 Å². The first kappa shape index (κ1) is 19.5. The van der Waals surface area contributed by atoms with Crippen molar-refractivity contribution < 1.29 is 4.79 Å². The molecule has 0 spiro atoms. The molecule has 4 aromatic rings. The Hall–Kier alpha value is -2.77. The molecule has 0 atom stereocenters.